The lowest BCUT2D eigenvalue weighted by Gasteiger charge is -2.35. The predicted octanol–water partition coefficient (Wildman–Crippen LogP) is 0.380. The molecule has 2 heterocycles. The van der Waals surface area contributed by atoms with Crippen LogP contribution in [0.3, 0.4) is 0 Å². The molecule has 6 nitrogen and oxygen atoms in total. The van der Waals surface area contributed by atoms with Gasteiger partial charge in [-0.2, -0.15) is 0 Å². The van der Waals surface area contributed by atoms with Crippen molar-refractivity contribution in [1.29, 1.82) is 0 Å². The Bertz CT molecular complexity index is 438. The van der Waals surface area contributed by atoms with E-state index in [1.807, 2.05) is 24.8 Å². The van der Waals surface area contributed by atoms with Crippen molar-refractivity contribution in [2.45, 2.75) is 26.3 Å². The van der Waals surface area contributed by atoms with E-state index in [4.69, 9.17) is 4.74 Å². The minimum absolute atomic E-state index is 0.202. The summed E-state index contributed by atoms with van der Waals surface area (Å²) in [5.41, 5.74) is 0.978. The van der Waals surface area contributed by atoms with Gasteiger partial charge in [-0.25, -0.2) is 14.8 Å². The maximum Gasteiger partial charge on any atom is 0.330 e. The number of hydrogen-bond donors (Lipinski definition) is 1. The zero-order valence-electron chi connectivity index (χ0n) is 11.4. The quantitative estimate of drug-likeness (QED) is 0.793. The number of piperazine rings is 1. The first kappa shape index (κ1) is 13.7. The number of aryl methyl sites for hydroxylation is 1. The van der Waals surface area contributed by atoms with Gasteiger partial charge in [-0.3, -0.25) is 0 Å². The number of hydrogen-bond acceptors (Lipinski definition) is 6. The van der Waals surface area contributed by atoms with E-state index in [-0.39, 0.29) is 12.0 Å². The topological polar surface area (TPSA) is 67.3 Å². The Balaban J connectivity index is 2.20. The number of nitrogens with one attached hydrogen (secondary N) is 1. The van der Waals surface area contributed by atoms with Crippen molar-refractivity contribution < 1.29 is 9.53 Å². The van der Waals surface area contributed by atoms with E-state index in [0.717, 1.165) is 31.0 Å². The Labute approximate surface area is 113 Å². The lowest BCUT2D eigenvalue weighted by molar-refractivity contribution is -0.144. The van der Waals surface area contributed by atoms with Gasteiger partial charge >= 0.3 is 5.97 Å². The summed E-state index contributed by atoms with van der Waals surface area (Å²) in [4.78, 5) is 22.5. The minimum atomic E-state index is -0.312. The van der Waals surface area contributed by atoms with Crippen molar-refractivity contribution in [1.82, 2.24) is 15.3 Å². The summed E-state index contributed by atoms with van der Waals surface area (Å²) in [5, 5.41) is 3.22. The average molecular weight is 264 g/mol. The molecule has 0 saturated carbocycles. The molecule has 0 aliphatic carbocycles. The van der Waals surface area contributed by atoms with Crippen LogP contribution in [0.4, 0.5) is 5.82 Å². The van der Waals surface area contributed by atoms with Crippen molar-refractivity contribution in [2.24, 2.45) is 0 Å². The van der Waals surface area contributed by atoms with Gasteiger partial charge in [0.25, 0.3) is 0 Å². The highest BCUT2D eigenvalue weighted by Crippen LogP contribution is 2.17. The largest absolute Gasteiger partial charge is 0.464 e. The highest BCUT2D eigenvalue weighted by atomic mass is 16.5. The van der Waals surface area contributed by atoms with E-state index in [9.17, 15) is 4.79 Å². The normalized spacial score (nSPS) is 19.3. The van der Waals surface area contributed by atoms with Gasteiger partial charge in [-0.05, 0) is 13.3 Å². The van der Waals surface area contributed by atoms with Gasteiger partial charge in [0.05, 0.1) is 6.61 Å². The maximum atomic E-state index is 12.0. The molecule has 1 saturated heterocycles. The Hall–Kier alpha value is -1.69. The Kier molecular flexibility index (Phi) is 4.68. The fourth-order valence-electron chi connectivity index (χ4n) is 2.16. The third kappa shape index (κ3) is 3.20. The van der Waals surface area contributed by atoms with E-state index in [0.29, 0.717) is 13.2 Å². The highest BCUT2D eigenvalue weighted by molar-refractivity contribution is 5.80. The molecule has 0 spiro atoms. The van der Waals surface area contributed by atoms with E-state index in [1.54, 1.807) is 6.33 Å². The molecular formula is C13H20N4O2. The van der Waals surface area contributed by atoms with Gasteiger partial charge in [0.15, 0.2) is 0 Å². The van der Waals surface area contributed by atoms with Crippen LogP contribution in [0.5, 0.6) is 0 Å². The molecule has 6 heteroatoms. The predicted molar refractivity (Wildman–Crippen MR) is 72.0 cm³/mol. The fraction of sp³-hybridized carbons (Fsp3) is 0.615. The lowest BCUT2D eigenvalue weighted by Crippen LogP contribution is -2.56. The fourth-order valence-corrected chi connectivity index (χ4v) is 2.16. The summed E-state index contributed by atoms with van der Waals surface area (Å²) in [7, 11) is 0. The van der Waals surface area contributed by atoms with Gasteiger partial charge < -0.3 is 15.0 Å². The van der Waals surface area contributed by atoms with Crippen LogP contribution in [-0.4, -0.2) is 48.2 Å². The molecular weight excluding hydrogens is 244 g/mol. The van der Waals surface area contributed by atoms with E-state index >= 15 is 0 Å². The Morgan fingerprint density at radius 3 is 3.11 bits per heavy atom. The zero-order valence-corrected chi connectivity index (χ0v) is 11.4. The summed E-state index contributed by atoms with van der Waals surface area (Å²) in [6.07, 6.45) is 2.41. The molecule has 19 heavy (non-hydrogen) atoms. The molecule has 2 rings (SSSR count). The summed E-state index contributed by atoms with van der Waals surface area (Å²) in [6, 6.07) is 1.63. The van der Waals surface area contributed by atoms with Crippen LogP contribution in [0.1, 0.15) is 19.5 Å². The van der Waals surface area contributed by atoms with Crippen molar-refractivity contribution in [3.63, 3.8) is 0 Å². The van der Waals surface area contributed by atoms with Gasteiger partial charge in [0.2, 0.25) is 0 Å². The molecule has 1 aliphatic rings. The SMILES string of the molecule is CCOC(=O)C1CNCCN1c1cc(CC)ncn1. The molecule has 1 fully saturated rings. The van der Waals surface area contributed by atoms with Crippen molar-refractivity contribution in [3.05, 3.63) is 18.1 Å². The average Bonchev–Trinajstić information content (AvgIpc) is 2.47. The first-order valence-corrected chi connectivity index (χ1v) is 6.71. The van der Waals surface area contributed by atoms with Gasteiger partial charge in [-0.15, -0.1) is 0 Å². The molecule has 0 bridgehead atoms. The Morgan fingerprint density at radius 2 is 2.37 bits per heavy atom. The van der Waals surface area contributed by atoms with Crippen LogP contribution in [0, 0.1) is 0 Å². The number of esters is 1. The summed E-state index contributed by atoms with van der Waals surface area (Å²) in [6.45, 7) is 6.42. The van der Waals surface area contributed by atoms with Gasteiger partial charge in [0.1, 0.15) is 18.2 Å². The van der Waals surface area contributed by atoms with Crippen molar-refractivity contribution >= 4 is 11.8 Å². The van der Waals surface area contributed by atoms with E-state index in [2.05, 4.69) is 15.3 Å². The third-order valence-electron chi connectivity index (χ3n) is 3.17. The maximum absolute atomic E-state index is 12.0. The van der Waals surface area contributed by atoms with Crippen LogP contribution in [0.25, 0.3) is 0 Å². The van der Waals surface area contributed by atoms with Crippen LogP contribution in [-0.2, 0) is 16.0 Å². The van der Waals surface area contributed by atoms with Crippen molar-refractivity contribution in [3.8, 4) is 0 Å². The molecule has 1 atom stereocenters. The Morgan fingerprint density at radius 1 is 1.53 bits per heavy atom. The number of anilines is 1. The van der Waals surface area contributed by atoms with Gasteiger partial charge in [-0.1, -0.05) is 6.92 Å². The number of carbonyl (C=O) groups excluding carboxylic acids is 1. The summed E-state index contributed by atoms with van der Waals surface area (Å²) < 4.78 is 5.13. The molecule has 0 radical (unpaired) electrons. The minimum Gasteiger partial charge on any atom is -0.464 e. The lowest BCUT2D eigenvalue weighted by atomic mass is 10.2. The summed E-state index contributed by atoms with van der Waals surface area (Å²) >= 11 is 0. The van der Waals surface area contributed by atoms with Crippen LogP contribution < -0.4 is 10.2 Å². The first-order chi connectivity index (χ1) is 9.26. The van der Waals surface area contributed by atoms with Gasteiger partial charge in [0, 0.05) is 31.4 Å². The monoisotopic (exact) mass is 264 g/mol. The molecule has 1 unspecified atom stereocenters. The molecule has 104 valence electrons. The second-order valence-electron chi connectivity index (χ2n) is 4.39. The third-order valence-corrected chi connectivity index (χ3v) is 3.17. The highest BCUT2D eigenvalue weighted by Gasteiger charge is 2.30. The summed E-state index contributed by atoms with van der Waals surface area (Å²) in [5.74, 6) is 0.595. The van der Waals surface area contributed by atoms with E-state index < -0.39 is 0 Å². The number of carbonyl (C=O) groups is 1. The van der Waals surface area contributed by atoms with Crippen LogP contribution in [0.2, 0.25) is 0 Å². The number of nitrogens with zero attached hydrogens (tertiary/aromatic N) is 3. The molecule has 0 aromatic carbocycles. The molecule has 1 aromatic heterocycles. The number of ether oxygens (including phenoxy) is 1. The second kappa shape index (κ2) is 6.47. The van der Waals surface area contributed by atoms with Crippen LogP contribution >= 0.6 is 0 Å². The number of aromatic nitrogens is 2. The molecule has 1 N–H and O–H groups in total. The van der Waals surface area contributed by atoms with E-state index in [1.165, 1.54) is 0 Å². The number of rotatable bonds is 4. The van der Waals surface area contributed by atoms with Crippen molar-refractivity contribution in [2.75, 3.05) is 31.1 Å². The molecule has 1 aliphatic heterocycles. The zero-order chi connectivity index (χ0) is 13.7. The smallest absolute Gasteiger partial charge is 0.330 e. The standard InChI is InChI=1S/C13H20N4O2/c1-3-10-7-12(16-9-15-10)17-6-5-14-8-11(17)13(18)19-4-2/h7,9,11,14H,3-6,8H2,1-2H3. The molecule has 1 aromatic rings. The van der Waals surface area contributed by atoms with Crippen LogP contribution in [0.15, 0.2) is 12.4 Å². The molecule has 0 amide bonds. The second-order valence-corrected chi connectivity index (χ2v) is 4.39. The first-order valence-electron chi connectivity index (χ1n) is 6.71.